The van der Waals surface area contributed by atoms with Gasteiger partial charge in [-0.05, 0) is 43.0 Å². The Labute approximate surface area is 160 Å². The molecule has 1 amide bonds. The second-order valence-corrected chi connectivity index (χ2v) is 7.40. The van der Waals surface area contributed by atoms with Crippen LogP contribution >= 0.6 is 0 Å². The first kappa shape index (κ1) is 17.7. The number of fused-ring (bicyclic) bond motifs is 1. The van der Waals surface area contributed by atoms with Crippen LogP contribution in [0.25, 0.3) is 16.5 Å². The average molecular weight is 362 g/mol. The number of carbonyl (C=O) groups excluding carboxylic acids is 1. The molecule has 1 saturated heterocycles. The van der Waals surface area contributed by atoms with Gasteiger partial charge in [-0.2, -0.15) is 0 Å². The van der Waals surface area contributed by atoms with Gasteiger partial charge >= 0.3 is 0 Å². The highest BCUT2D eigenvalue weighted by Gasteiger charge is 2.31. The monoisotopic (exact) mass is 362 g/mol. The summed E-state index contributed by atoms with van der Waals surface area (Å²) in [4.78, 5) is 21.3. The van der Waals surface area contributed by atoms with E-state index in [1.54, 1.807) is 0 Å². The number of benzene rings is 1. The summed E-state index contributed by atoms with van der Waals surface area (Å²) in [6, 6.07) is 8.38. The van der Waals surface area contributed by atoms with E-state index in [1.165, 1.54) is 17.0 Å². The molecule has 1 aromatic heterocycles. The number of hydrogen-bond donors (Lipinski definition) is 1. The minimum absolute atomic E-state index is 0.0678. The fraction of sp³-hybridized carbons (Fsp3) is 0.364. The Balaban J connectivity index is 1.55. The zero-order valence-corrected chi connectivity index (χ0v) is 16.2. The molecule has 5 nitrogen and oxygen atoms in total. The Hall–Kier alpha value is -2.66. The summed E-state index contributed by atoms with van der Waals surface area (Å²) in [6.45, 7) is 6.93. The normalized spacial score (nSPS) is 18.1. The van der Waals surface area contributed by atoms with Gasteiger partial charge < -0.3 is 15.1 Å². The first-order chi connectivity index (χ1) is 13.0. The number of nitrogens with one attached hydrogen (secondary N) is 1. The van der Waals surface area contributed by atoms with Crippen LogP contribution in [0.5, 0.6) is 0 Å². The van der Waals surface area contributed by atoms with Crippen molar-refractivity contribution in [3.8, 4) is 0 Å². The topological polar surface area (TPSA) is 48.5 Å². The van der Waals surface area contributed by atoms with Gasteiger partial charge in [-0.15, -0.1) is 0 Å². The van der Waals surface area contributed by atoms with E-state index >= 15 is 0 Å². The van der Waals surface area contributed by atoms with Gasteiger partial charge in [0.05, 0.1) is 5.92 Å². The van der Waals surface area contributed by atoms with E-state index in [2.05, 4.69) is 71.3 Å². The van der Waals surface area contributed by atoms with E-state index in [0.717, 1.165) is 36.8 Å². The molecule has 0 aliphatic carbocycles. The molecule has 0 atom stereocenters. The van der Waals surface area contributed by atoms with E-state index in [4.69, 9.17) is 0 Å². The van der Waals surface area contributed by atoms with Gasteiger partial charge in [-0.25, -0.2) is 4.98 Å². The second-order valence-electron chi connectivity index (χ2n) is 7.40. The number of amides is 1. The summed E-state index contributed by atoms with van der Waals surface area (Å²) in [6.07, 6.45) is 7.26. The molecule has 27 heavy (non-hydrogen) atoms. The number of allylic oxidation sites excluding steroid dienone is 3. The fourth-order valence-corrected chi connectivity index (χ4v) is 3.71. The Morgan fingerprint density at radius 3 is 2.81 bits per heavy atom. The molecule has 0 bridgehead atoms. The van der Waals surface area contributed by atoms with Gasteiger partial charge in [-0.3, -0.25) is 4.79 Å². The van der Waals surface area contributed by atoms with E-state index in [9.17, 15) is 4.79 Å². The predicted octanol–water partition coefficient (Wildman–Crippen LogP) is 3.71. The van der Waals surface area contributed by atoms with Crippen molar-refractivity contribution >= 4 is 28.2 Å². The lowest BCUT2D eigenvalue weighted by Crippen LogP contribution is -2.51. The van der Waals surface area contributed by atoms with Gasteiger partial charge in [0.15, 0.2) is 0 Å². The molecule has 4 rings (SSSR count). The maximum atomic E-state index is 12.4. The van der Waals surface area contributed by atoms with Gasteiger partial charge in [0.25, 0.3) is 0 Å². The maximum absolute atomic E-state index is 12.4. The molecule has 2 aliphatic rings. The summed E-state index contributed by atoms with van der Waals surface area (Å²) in [5.41, 5.74) is 3.66. The van der Waals surface area contributed by atoms with Crippen LogP contribution in [-0.4, -0.2) is 47.4 Å². The average Bonchev–Trinajstić information content (AvgIpc) is 2.62. The molecule has 0 saturated carbocycles. The third-order valence-electron chi connectivity index (χ3n) is 5.66. The molecule has 1 aromatic carbocycles. The zero-order chi connectivity index (χ0) is 19.0. The molecule has 0 radical (unpaired) electrons. The molecule has 140 valence electrons. The lowest BCUT2D eigenvalue weighted by molar-refractivity contribution is -0.124. The summed E-state index contributed by atoms with van der Waals surface area (Å²) in [5.74, 6) is 0.768. The number of anilines is 1. The van der Waals surface area contributed by atoms with E-state index in [-0.39, 0.29) is 11.8 Å². The van der Waals surface area contributed by atoms with Crippen LogP contribution in [0.2, 0.25) is 0 Å². The summed E-state index contributed by atoms with van der Waals surface area (Å²) in [5, 5.41) is 5.14. The minimum Gasteiger partial charge on any atom is -0.349 e. The van der Waals surface area contributed by atoms with Crippen molar-refractivity contribution < 1.29 is 4.79 Å². The van der Waals surface area contributed by atoms with Crippen molar-refractivity contribution in [2.24, 2.45) is 5.92 Å². The number of hydrogen-bond acceptors (Lipinski definition) is 4. The van der Waals surface area contributed by atoms with Crippen molar-refractivity contribution in [3.05, 3.63) is 53.9 Å². The minimum atomic E-state index is 0.0678. The number of nitrogens with zero attached hydrogens (tertiary/aromatic N) is 3. The third kappa shape index (κ3) is 3.47. The first-order valence-corrected chi connectivity index (χ1v) is 9.59. The van der Waals surface area contributed by atoms with Gasteiger partial charge in [0, 0.05) is 43.1 Å². The molecular weight excluding hydrogens is 336 g/mol. The molecular formula is C22H26N4O. The van der Waals surface area contributed by atoms with Crippen LogP contribution in [0.15, 0.2) is 48.3 Å². The Kier molecular flexibility index (Phi) is 4.70. The number of carbonyl (C=O) groups is 1. The van der Waals surface area contributed by atoms with Crippen molar-refractivity contribution in [3.63, 3.8) is 0 Å². The Morgan fingerprint density at radius 1 is 1.22 bits per heavy atom. The number of aromatic nitrogens is 1. The van der Waals surface area contributed by atoms with Crippen molar-refractivity contribution in [1.82, 2.24) is 14.8 Å². The highest BCUT2D eigenvalue weighted by Crippen LogP contribution is 2.29. The first-order valence-electron chi connectivity index (χ1n) is 9.59. The molecule has 1 N–H and O–H groups in total. The van der Waals surface area contributed by atoms with Crippen molar-refractivity contribution in [1.29, 1.82) is 0 Å². The smallest absolute Gasteiger partial charge is 0.231 e. The molecule has 1 fully saturated rings. The highest BCUT2D eigenvalue weighted by molar-refractivity contribution is 5.95. The van der Waals surface area contributed by atoms with Crippen LogP contribution < -0.4 is 5.32 Å². The molecule has 2 aliphatic heterocycles. The van der Waals surface area contributed by atoms with Crippen LogP contribution in [0, 0.1) is 5.92 Å². The number of pyridine rings is 1. The maximum Gasteiger partial charge on any atom is 0.231 e. The zero-order valence-electron chi connectivity index (χ0n) is 16.2. The van der Waals surface area contributed by atoms with E-state index in [0.29, 0.717) is 5.82 Å². The third-order valence-corrected chi connectivity index (χ3v) is 5.66. The summed E-state index contributed by atoms with van der Waals surface area (Å²) >= 11 is 0. The number of likely N-dealkylation sites (tertiary alicyclic amines) is 1. The predicted molar refractivity (Wildman–Crippen MR) is 110 cm³/mol. The van der Waals surface area contributed by atoms with E-state index in [1.807, 2.05) is 12.3 Å². The van der Waals surface area contributed by atoms with E-state index < -0.39 is 0 Å². The van der Waals surface area contributed by atoms with Gasteiger partial charge in [0.2, 0.25) is 5.91 Å². The summed E-state index contributed by atoms with van der Waals surface area (Å²) < 4.78 is 0. The highest BCUT2D eigenvalue weighted by atomic mass is 16.2. The lowest BCUT2D eigenvalue weighted by atomic mass is 9.99. The van der Waals surface area contributed by atoms with Crippen molar-refractivity contribution in [2.75, 3.05) is 32.0 Å². The quantitative estimate of drug-likeness (QED) is 0.901. The molecule has 0 spiro atoms. The SMILES string of the molecule is CCN1CC(C(=O)Nc2cc3cc(C4=CCC=C(C)N4C)ccc3cn2)C1. The largest absolute Gasteiger partial charge is 0.349 e. The Morgan fingerprint density at radius 2 is 2.04 bits per heavy atom. The summed E-state index contributed by atoms with van der Waals surface area (Å²) in [7, 11) is 2.09. The fourth-order valence-electron chi connectivity index (χ4n) is 3.71. The second kappa shape index (κ2) is 7.16. The van der Waals surface area contributed by atoms with Crippen LogP contribution in [0.4, 0.5) is 5.82 Å². The number of rotatable bonds is 4. The molecule has 0 unspecified atom stereocenters. The standard InChI is InChI=1S/C22H26N4O/c1-4-26-13-19(14-26)22(27)24-21-11-18-10-16(8-9-17(18)12-23-21)20-7-5-6-15(2)25(20)3/h6-12,19H,4-5,13-14H2,1-3H3,(H,23,24,27). The van der Waals surface area contributed by atoms with Crippen LogP contribution in [-0.2, 0) is 4.79 Å². The molecule has 3 heterocycles. The van der Waals surface area contributed by atoms with Gasteiger partial charge in [0.1, 0.15) is 5.82 Å². The molecule has 2 aromatic rings. The molecule has 5 heteroatoms. The van der Waals surface area contributed by atoms with Gasteiger partial charge in [-0.1, -0.05) is 31.2 Å². The lowest BCUT2D eigenvalue weighted by Gasteiger charge is -2.37. The van der Waals surface area contributed by atoms with Crippen LogP contribution in [0.1, 0.15) is 25.8 Å². The van der Waals surface area contributed by atoms with Crippen molar-refractivity contribution in [2.45, 2.75) is 20.3 Å². The Bertz CT molecular complexity index is 940. The van der Waals surface area contributed by atoms with Crippen LogP contribution in [0.3, 0.4) is 0 Å².